The Morgan fingerprint density at radius 1 is 1.23 bits per heavy atom. The lowest BCUT2D eigenvalue weighted by Gasteiger charge is -2.20. The zero-order valence-electron chi connectivity index (χ0n) is 17.7. The Bertz CT molecular complexity index is 1070. The molecule has 2 rings (SSSR count). The quantitative estimate of drug-likeness (QED) is 0.566. The average molecular weight is 444 g/mol. The monoisotopic (exact) mass is 443 g/mol. The maximum Gasteiger partial charge on any atom is 0.251 e. The van der Waals surface area contributed by atoms with E-state index in [0.29, 0.717) is 23.6 Å². The molecule has 0 radical (unpaired) electrons. The van der Waals surface area contributed by atoms with Gasteiger partial charge in [0.15, 0.2) is 0 Å². The molecule has 0 saturated carbocycles. The molecule has 164 valence electrons. The number of nitriles is 1. The maximum atomic E-state index is 12.8. The topological polar surface area (TPSA) is 109 Å². The van der Waals surface area contributed by atoms with Gasteiger partial charge < -0.3 is 14.4 Å². The molecular weight excluding hydrogens is 418 g/mol. The highest BCUT2D eigenvalue weighted by atomic mass is 32.2. The van der Waals surface area contributed by atoms with Gasteiger partial charge in [0.25, 0.3) is 5.91 Å². The summed E-state index contributed by atoms with van der Waals surface area (Å²) in [7, 11) is -1.04. The van der Waals surface area contributed by atoms with Crippen molar-refractivity contribution in [3.8, 4) is 17.6 Å². The summed E-state index contributed by atoms with van der Waals surface area (Å²) in [6, 6.07) is 13.6. The smallest absolute Gasteiger partial charge is 0.251 e. The molecule has 1 N–H and O–H groups in total. The van der Waals surface area contributed by atoms with Crippen LogP contribution in [-0.2, 0) is 14.8 Å². The fraction of sp³-hybridized carbons (Fsp3) is 0.273. The lowest BCUT2D eigenvalue weighted by molar-refractivity contribution is -0.114. The molecule has 31 heavy (non-hydrogen) atoms. The summed E-state index contributed by atoms with van der Waals surface area (Å²) in [5, 5.41) is 8.94. The van der Waals surface area contributed by atoms with Gasteiger partial charge in [0, 0.05) is 18.3 Å². The number of hydrogen-bond donors (Lipinski definition) is 1. The minimum atomic E-state index is -3.73. The van der Waals surface area contributed by atoms with E-state index in [1.54, 1.807) is 30.3 Å². The molecule has 0 aliphatic rings. The predicted molar refractivity (Wildman–Crippen MR) is 118 cm³/mol. The van der Waals surface area contributed by atoms with Gasteiger partial charge in [-0.25, -0.2) is 13.1 Å². The molecule has 2 aromatic rings. The van der Waals surface area contributed by atoms with Gasteiger partial charge in [-0.05, 0) is 62.0 Å². The Balaban J connectivity index is 2.30. The third-order valence-electron chi connectivity index (χ3n) is 4.34. The van der Waals surface area contributed by atoms with E-state index >= 15 is 0 Å². The molecule has 0 bridgehead atoms. The Morgan fingerprint density at radius 3 is 2.52 bits per heavy atom. The first-order valence-corrected chi connectivity index (χ1v) is 11.1. The standard InChI is InChI=1S/C22H25N3O5S/c1-4-30-19-10-8-18(9-11-19)25(15-5-14-23)22(26)13-7-17-6-12-20(29-3)21(16-17)31(27,28)24-2/h6-13,16,24H,4-5,15H2,1-3H3/b13-7+. The zero-order chi connectivity index (χ0) is 22.9. The zero-order valence-corrected chi connectivity index (χ0v) is 18.5. The van der Waals surface area contributed by atoms with Crippen molar-refractivity contribution >= 4 is 27.7 Å². The number of anilines is 1. The van der Waals surface area contributed by atoms with Crippen LogP contribution in [0.25, 0.3) is 6.08 Å². The third kappa shape index (κ3) is 6.31. The summed E-state index contributed by atoms with van der Waals surface area (Å²) in [4.78, 5) is 14.3. The molecule has 1 amide bonds. The van der Waals surface area contributed by atoms with Crippen LogP contribution < -0.4 is 19.1 Å². The van der Waals surface area contributed by atoms with Crippen molar-refractivity contribution in [3.05, 3.63) is 54.1 Å². The van der Waals surface area contributed by atoms with Crippen molar-refractivity contribution in [1.82, 2.24) is 4.72 Å². The van der Waals surface area contributed by atoms with Gasteiger partial charge in [-0.3, -0.25) is 4.79 Å². The Labute approximate surface area is 182 Å². The van der Waals surface area contributed by atoms with E-state index in [4.69, 9.17) is 14.7 Å². The molecule has 0 unspecified atom stereocenters. The number of amides is 1. The van der Waals surface area contributed by atoms with Crippen LogP contribution in [0.5, 0.6) is 11.5 Å². The van der Waals surface area contributed by atoms with Crippen LogP contribution in [-0.4, -0.2) is 41.6 Å². The molecule has 0 atom stereocenters. The van der Waals surface area contributed by atoms with Gasteiger partial charge in [0.2, 0.25) is 10.0 Å². The highest BCUT2D eigenvalue weighted by Crippen LogP contribution is 2.25. The van der Waals surface area contributed by atoms with Crippen molar-refractivity contribution in [2.24, 2.45) is 0 Å². The summed E-state index contributed by atoms with van der Waals surface area (Å²) in [6.45, 7) is 2.63. The van der Waals surface area contributed by atoms with Crippen LogP contribution in [0.2, 0.25) is 0 Å². The van der Waals surface area contributed by atoms with Gasteiger partial charge in [-0.2, -0.15) is 5.26 Å². The Kier molecular flexibility index (Phi) is 8.61. The van der Waals surface area contributed by atoms with Gasteiger partial charge in [-0.1, -0.05) is 6.07 Å². The Hall–Kier alpha value is -3.35. The molecule has 0 spiro atoms. The average Bonchev–Trinajstić information content (AvgIpc) is 2.79. The highest BCUT2D eigenvalue weighted by Gasteiger charge is 2.18. The summed E-state index contributed by atoms with van der Waals surface area (Å²) < 4.78 is 37.2. The number of ether oxygens (including phenoxy) is 2. The molecule has 0 aliphatic carbocycles. The van der Waals surface area contributed by atoms with E-state index in [2.05, 4.69) is 4.72 Å². The minimum absolute atomic E-state index is 0.0278. The van der Waals surface area contributed by atoms with E-state index in [-0.39, 0.29) is 29.5 Å². The SMILES string of the molecule is CCOc1ccc(N(CCC#N)C(=O)/C=C/c2ccc(OC)c(S(=O)(=O)NC)c2)cc1. The number of nitrogens with one attached hydrogen (secondary N) is 1. The van der Waals surface area contributed by atoms with E-state index in [9.17, 15) is 13.2 Å². The Morgan fingerprint density at radius 2 is 1.94 bits per heavy atom. The number of methoxy groups -OCH3 is 1. The van der Waals surface area contributed by atoms with Crippen LogP contribution in [0.15, 0.2) is 53.4 Å². The van der Waals surface area contributed by atoms with Crippen LogP contribution >= 0.6 is 0 Å². The first kappa shape index (κ1) is 23.9. The number of hydrogen-bond acceptors (Lipinski definition) is 6. The predicted octanol–water partition coefficient (Wildman–Crippen LogP) is 2.96. The number of carbonyl (C=O) groups is 1. The maximum absolute atomic E-state index is 12.8. The van der Waals surface area contributed by atoms with Crippen molar-refractivity contribution in [3.63, 3.8) is 0 Å². The van der Waals surface area contributed by atoms with Crippen molar-refractivity contribution in [1.29, 1.82) is 5.26 Å². The lowest BCUT2D eigenvalue weighted by atomic mass is 10.2. The first-order valence-electron chi connectivity index (χ1n) is 9.57. The van der Waals surface area contributed by atoms with Crippen LogP contribution in [0.3, 0.4) is 0 Å². The number of carbonyl (C=O) groups excluding carboxylic acids is 1. The van der Waals surface area contributed by atoms with Crippen LogP contribution in [0.4, 0.5) is 5.69 Å². The number of benzene rings is 2. The second-order valence-corrected chi connectivity index (χ2v) is 8.13. The molecule has 0 heterocycles. The van der Waals surface area contributed by atoms with Crippen molar-refractivity contribution in [2.45, 2.75) is 18.2 Å². The largest absolute Gasteiger partial charge is 0.495 e. The molecule has 2 aromatic carbocycles. The van der Waals surface area contributed by atoms with Gasteiger partial charge >= 0.3 is 0 Å². The fourth-order valence-electron chi connectivity index (χ4n) is 2.79. The second kappa shape index (κ2) is 11.2. The number of sulfonamides is 1. The van der Waals surface area contributed by atoms with E-state index in [1.807, 2.05) is 13.0 Å². The van der Waals surface area contributed by atoms with Gasteiger partial charge in [0.1, 0.15) is 16.4 Å². The third-order valence-corrected chi connectivity index (χ3v) is 5.77. The number of rotatable bonds is 10. The minimum Gasteiger partial charge on any atom is -0.495 e. The highest BCUT2D eigenvalue weighted by molar-refractivity contribution is 7.89. The number of nitrogens with zero attached hydrogens (tertiary/aromatic N) is 2. The first-order chi connectivity index (χ1) is 14.9. The fourth-order valence-corrected chi connectivity index (χ4v) is 3.72. The van der Waals surface area contributed by atoms with Gasteiger partial charge in [0.05, 0.1) is 26.2 Å². The summed E-state index contributed by atoms with van der Waals surface area (Å²) in [5.41, 5.74) is 1.14. The normalized spacial score (nSPS) is 11.2. The molecule has 0 aromatic heterocycles. The van der Waals surface area contributed by atoms with E-state index < -0.39 is 10.0 Å². The second-order valence-electron chi connectivity index (χ2n) is 6.28. The molecule has 0 aliphatic heterocycles. The van der Waals surface area contributed by atoms with Crippen LogP contribution in [0, 0.1) is 11.3 Å². The van der Waals surface area contributed by atoms with Crippen molar-refractivity contribution < 1.29 is 22.7 Å². The molecule has 9 heteroatoms. The van der Waals surface area contributed by atoms with Gasteiger partial charge in [-0.15, -0.1) is 0 Å². The molecule has 8 nitrogen and oxygen atoms in total. The summed E-state index contributed by atoms with van der Waals surface area (Å²) in [6.07, 6.45) is 3.02. The van der Waals surface area contributed by atoms with Crippen molar-refractivity contribution in [2.75, 3.05) is 32.2 Å². The molecular formula is C22H25N3O5S. The summed E-state index contributed by atoms with van der Waals surface area (Å²) in [5.74, 6) is 0.544. The summed E-state index contributed by atoms with van der Waals surface area (Å²) >= 11 is 0. The molecule has 0 fully saturated rings. The van der Waals surface area contributed by atoms with E-state index in [1.165, 1.54) is 43.3 Å². The molecule has 0 saturated heterocycles. The lowest BCUT2D eigenvalue weighted by Crippen LogP contribution is -2.30. The van der Waals surface area contributed by atoms with Crippen LogP contribution in [0.1, 0.15) is 18.9 Å². The van der Waals surface area contributed by atoms with E-state index in [0.717, 1.165) is 0 Å².